The van der Waals surface area contributed by atoms with Gasteiger partial charge in [0.2, 0.25) is 0 Å². The van der Waals surface area contributed by atoms with E-state index in [9.17, 15) is 9.59 Å². The average molecular weight is 295 g/mol. The second kappa shape index (κ2) is 6.07. The summed E-state index contributed by atoms with van der Waals surface area (Å²) in [5.74, 6) is -0.393. The molecule has 1 aromatic heterocycles. The molecule has 0 radical (unpaired) electrons. The number of carbonyl (C=O) groups excluding carboxylic acids is 2. The Balaban J connectivity index is 1.61. The van der Waals surface area contributed by atoms with E-state index in [2.05, 4.69) is 9.88 Å². The highest BCUT2D eigenvalue weighted by atomic mass is 16.2. The van der Waals surface area contributed by atoms with Gasteiger partial charge in [0.15, 0.2) is 0 Å². The van der Waals surface area contributed by atoms with Crippen molar-refractivity contribution < 1.29 is 9.59 Å². The number of pyridine rings is 1. The molecule has 5 nitrogen and oxygen atoms in total. The van der Waals surface area contributed by atoms with Crippen LogP contribution in [0.15, 0.2) is 48.8 Å². The molecule has 0 atom stereocenters. The number of rotatable bonds is 5. The largest absolute Gasteiger partial charge is 0.300 e. The summed E-state index contributed by atoms with van der Waals surface area (Å²) in [5, 5.41) is 0. The lowest BCUT2D eigenvalue weighted by atomic mass is 10.1. The van der Waals surface area contributed by atoms with Gasteiger partial charge in [-0.2, -0.15) is 0 Å². The highest BCUT2D eigenvalue weighted by Crippen LogP contribution is 2.22. The maximum Gasteiger partial charge on any atom is 0.261 e. The van der Waals surface area contributed by atoms with Gasteiger partial charge in [0.05, 0.1) is 11.1 Å². The van der Waals surface area contributed by atoms with Crippen LogP contribution in [-0.4, -0.2) is 46.7 Å². The highest BCUT2D eigenvalue weighted by Gasteiger charge is 2.34. The van der Waals surface area contributed by atoms with Crippen LogP contribution >= 0.6 is 0 Å². The molecule has 22 heavy (non-hydrogen) atoms. The van der Waals surface area contributed by atoms with Gasteiger partial charge in [0.1, 0.15) is 0 Å². The van der Waals surface area contributed by atoms with E-state index < -0.39 is 0 Å². The Kier molecular flexibility index (Phi) is 3.98. The molecule has 5 heteroatoms. The minimum Gasteiger partial charge on any atom is -0.300 e. The summed E-state index contributed by atoms with van der Waals surface area (Å²) in [6, 6.07) is 10.9. The third-order valence-electron chi connectivity index (χ3n) is 3.79. The van der Waals surface area contributed by atoms with Gasteiger partial charge in [0, 0.05) is 32.0 Å². The van der Waals surface area contributed by atoms with Crippen LogP contribution in [0.2, 0.25) is 0 Å². The standard InChI is InChI=1S/C17H17N3O2/c1-19(12-13-6-8-18-9-7-13)10-11-20-16(21)14-4-2-3-5-15(14)17(20)22/h2-9H,10-12H2,1H3. The van der Waals surface area contributed by atoms with Gasteiger partial charge in [-0.15, -0.1) is 0 Å². The van der Waals surface area contributed by atoms with Crippen LogP contribution in [0.3, 0.4) is 0 Å². The number of carbonyl (C=O) groups is 2. The first-order valence-corrected chi connectivity index (χ1v) is 7.19. The van der Waals surface area contributed by atoms with Gasteiger partial charge < -0.3 is 4.90 Å². The van der Waals surface area contributed by atoms with E-state index in [0.29, 0.717) is 24.2 Å². The molecule has 2 amide bonds. The Morgan fingerprint density at radius 1 is 1.00 bits per heavy atom. The van der Waals surface area contributed by atoms with E-state index in [4.69, 9.17) is 0 Å². The van der Waals surface area contributed by atoms with Crippen LogP contribution in [0.25, 0.3) is 0 Å². The van der Waals surface area contributed by atoms with E-state index in [1.54, 1.807) is 36.7 Å². The number of amides is 2. The Morgan fingerprint density at radius 3 is 2.18 bits per heavy atom. The lowest BCUT2D eigenvalue weighted by Crippen LogP contribution is -2.36. The zero-order valence-corrected chi connectivity index (χ0v) is 12.4. The molecule has 0 saturated carbocycles. The maximum absolute atomic E-state index is 12.3. The molecule has 0 spiro atoms. The normalized spacial score (nSPS) is 13.8. The summed E-state index contributed by atoms with van der Waals surface area (Å²) in [6.45, 7) is 1.79. The quantitative estimate of drug-likeness (QED) is 0.789. The molecule has 0 unspecified atom stereocenters. The number of imide groups is 1. The number of hydrogen-bond acceptors (Lipinski definition) is 4. The fraction of sp³-hybridized carbons (Fsp3) is 0.235. The zero-order chi connectivity index (χ0) is 15.5. The van der Waals surface area contributed by atoms with E-state index in [1.807, 2.05) is 19.2 Å². The Morgan fingerprint density at radius 2 is 1.59 bits per heavy atom. The predicted octanol–water partition coefficient (Wildman–Crippen LogP) is 1.81. The van der Waals surface area contributed by atoms with Gasteiger partial charge in [-0.3, -0.25) is 19.5 Å². The SMILES string of the molecule is CN(CCN1C(=O)c2ccccc2C1=O)Cc1ccncc1. The van der Waals surface area contributed by atoms with Crippen LogP contribution < -0.4 is 0 Å². The van der Waals surface area contributed by atoms with Crippen LogP contribution in [0.5, 0.6) is 0 Å². The van der Waals surface area contributed by atoms with Crippen molar-refractivity contribution in [2.75, 3.05) is 20.1 Å². The Hall–Kier alpha value is -2.53. The number of aromatic nitrogens is 1. The second-order valence-electron chi connectivity index (χ2n) is 5.40. The number of likely N-dealkylation sites (N-methyl/N-ethyl adjacent to an activating group) is 1. The Bertz CT molecular complexity index is 665. The molecule has 2 aromatic rings. The summed E-state index contributed by atoms with van der Waals surface area (Å²) in [6.07, 6.45) is 3.51. The van der Waals surface area contributed by atoms with Crippen molar-refractivity contribution in [1.29, 1.82) is 0 Å². The summed E-state index contributed by atoms with van der Waals surface area (Å²) >= 11 is 0. The molecule has 2 heterocycles. The molecule has 0 N–H and O–H groups in total. The second-order valence-corrected chi connectivity index (χ2v) is 5.40. The molecular formula is C17H17N3O2. The fourth-order valence-corrected chi connectivity index (χ4v) is 2.59. The van der Waals surface area contributed by atoms with Gasteiger partial charge in [0.25, 0.3) is 11.8 Å². The molecule has 1 aliphatic heterocycles. The number of fused-ring (bicyclic) bond motifs is 1. The van der Waals surface area contributed by atoms with Crippen molar-refractivity contribution in [1.82, 2.24) is 14.8 Å². The molecule has 3 rings (SSSR count). The topological polar surface area (TPSA) is 53.5 Å². The molecule has 1 aliphatic rings. The third kappa shape index (κ3) is 2.76. The van der Waals surface area contributed by atoms with Crippen molar-refractivity contribution in [3.8, 4) is 0 Å². The minimum atomic E-state index is -0.196. The summed E-state index contributed by atoms with van der Waals surface area (Å²) in [7, 11) is 1.97. The van der Waals surface area contributed by atoms with Crippen LogP contribution in [0.1, 0.15) is 26.3 Å². The van der Waals surface area contributed by atoms with E-state index in [0.717, 1.165) is 12.1 Å². The first kappa shape index (κ1) is 14.4. The van der Waals surface area contributed by atoms with Crippen molar-refractivity contribution in [3.05, 3.63) is 65.5 Å². The minimum absolute atomic E-state index is 0.196. The molecule has 1 aromatic carbocycles. The molecule has 0 fully saturated rings. The summed E-state index contributed by atoms with van der Waals surface area (Å²) in [5.41, 5.74) is 2.16. The van der Waals surface area contributed by atoms with Crippen LogP contribution in [0.4, 0.5) is 0 Å². The van der Waals surface area contributed by atoms with Gasteiger partial charge >= 0.3 is 0 Å². The first-order valence-electron chi connectivity index (χ1n) is 7.19. The third-order valence-corrected chi connectivity index (χ3v) is 3.79. The van der Waals surface area contributed by atoms with Gasteiger partial charge in [-0.25, -0.2) is 0 Å². The van der Waals surface area contributed by atoms with Gasteiger partial charge in [-0.1, -0.05) is 12.1 Å². The smallest absolute Gasteiger partial charge is 0.261 e. The van der Waals surface area contributed by atoms with Crippen LogP contribution in [-0.2, 0) is 6.54 Å². The van der Waals surface area contributed by atoms with Crippen molar-refractivity contribution in [2.24, 2.45) is 0 Å². The number of nitrogens with zero attached hydrogens (tertiary/aromatic N) is 3. The monoisotopic (exact) mass is 295 g/mol. The molecule has 0 bridgehead atoms. The fourth-order valence-electron chi connectivity index (χ4n) is 2.59. The van der Waals surface area contributed by atoms with E-state index in [1.165, 1.54) is 4.90 Å². The summed E-state index contributed by atoms with van der Waals surface area (Å²) < 4.78 is 0. The average Bonchev–Trinajstić information content (AvgIpc) is 2.78. The highest BCUT2D eigenvalue weighted by molar-refractivity contribution is 6.21. The lowest BCUT2D eigenvalue weighted by Gasteiger charge is -2.20. The maximum atomic E-state index is 12.3. The van der Waals surface area contributed by atoms with Crippen LogP contribution in [0, 0.1) is 0 Å². The summed E-state index contributed by atoms with van der Waals surface area (Å²) in [4.78, 5) is 31.9. The molecule has 112 valence electrons. The number of benzene rings is 1. The Labute approximate surface area is 129 Å². The molecule has 0 saturated heterocycles. The molecular weight excluding hydrogens is 278 g/mol. The van der Waals surface area contributed by atoms with E-state index >= 15 is 0 Å². The zero-order valence-electron chi connectivity index (χ0n) is 12.4. The lowest BCUT2D eigenvalue weighted by molar-refractivity contribution is 0.0640. The molecule has 0 aliphatic carbocycles. The number of hydrogen-bond donors (Lipinski definition) is 0. The van der Waals surface area contributed by atoms with E-state index in [-0.39, 0.29) is 11.8 Å². The van der Waals surface area contributed by atoms with Crippen molar-refractivity contribution >= 4 is 11.8 Å². The van der Waals surface area contributed by atoms with Crippen molar-refractivity contribution in [2.45, 2.75) is 6.54 Å². The predicted molar refractivity (Wildman–Crippen MR) is 82.4 cm³/mol. The van der Waals surface area contributed by atoms with Crippen molar-refractivity contribution in [3.63, 3.8) is 0 Å². The van der Waals surface area contributed by atoms with Gasteiger partial charge in [-0.05, 0) is 36.9 Å². The first-order chi connectivity index (χ1) is 10.7.